The van der Waals surface area contributed by atoms with Gasteiger partial charge in [-0.05, 0) is 38.5 Å². The molecule has 0 unspecified atom stereocenters. The van der Waals surface area contributed by atoms with Crippen LogP contribution in [-0.2, 0) is 15.6 Å². The third kappa shape index (κ3) is 3.04. The first-order chi connectivity index (χ1) is 15.4. The second-order valence-corrected chi connectivity index (χ2v) is 10.3. The van der Waals surface area contributed by atoms with E-state index in [0.717, 1.165) is 10.3 Å². The Balaban J connectivity index is 1.90. The Hall–Kier alpha value is -3.41. The molecular weight excluding hydrogens is 457 g/mol. The van der Waals surface area contributed by atoms with E-state index >= 15 is 4.39 Å². The van der Waals surface area contributed by atoms with Crippen LogP contribution < -0.4 is 5.32 Å². The highest BCUT2D eigenvalue weighted by Crippen LogP contribution is 2.47. The number of anilines is 1. The number of halogens is 3. The fraction of sp³-hybridized carbons (Fsp3) is 0.286. The molecule has 0 bridgehead atoms. The number of nitrogens with one attached hydrogen (secondary N) is 1. The molecular formula is C21H19F3N6O2S. The van der Waals surface area contributed by atoms with Crippen LogP contribution in [0.15, 0.2) is 30.5 Å². The van der Waals surface area contributed by atoms with E-state index in [4.69, 9.17) is 0 Å². The first-order valence-corrected chi connectivity index (χ1v) is 11.8. The Kier molecular flexibility index (Phi) is 4.41. The van der Waals surface area contributed by atoms with Crippen molar-refractivity contribution in [1.82, 2.24) is 24.0 Å². The summed E-state index contributed by atoms with van der Waals surface area (Å²) in [6.07, 6.45) is -0.848. The van der Waals surface area contributed by atoms with E-state index in [9.17, 15) is 17.2 Å². The normalized spacial score (nSPS) is 14.9. The highest BCUT2D eigenvalue weighted by atomic mass is 32.2. The van der Waals surface area contributed by atoms with Gasteiger partial charge in [0.05, 0.1) is 40.4 Å². The fourth-order valence-corrected chi connectivity index (χ4v) is 5.15. The molecule has 4 aromatic rings. The van der Waals surface area contributed by atoms with Crippen LogP contribution in [0.25, 0.3) is 27.7 Å². The maximum atomic E-state index is 15.5. The summed E-state index contributed by atoms with van der Waals surface area (Å²) < 4.78 is 71.3. The van der Waals surface area contributed by atoms with Crippen molar-refractivity contribution in [3.63, 3.8) is 0 Å². The molecule has 1 aliphatic rings. The highest BCUT2D eigenvalue weighted by molar-refractivity contribution is 7.89. The average Bonchev–Trinajstić information content (AvgIpc) is 3.31. The average molecular weight is 476 g/mol. The molecule has 2 aromatic carbocycles. The van der Waals surface area contributed by atoms with Gasteiger partial charge in [-0.2, -0.15) is 9.19 Å². The Morgan fingerprint density at radius 2 is 1.91 bits per heavy atom. The number of alkyl halides is 2. The summed E-state index contributed by atoms with van der Waals surface area (Å²) in [4.78, 5) is 0. The molecule has 0 aliphatic carbocycles. The smallest absolute Gasteiger partial charge is 0.266 e. The lowest BCUT2D eigenvalue weighted by Crippen LogP contribution is -2.36. The number of nitrogens with zero attached hydrogens (tertiary/aromatic N) is 5. The lowest BCUT2D eigenvalue weighted by molar-refractivity contribution is 0.151. The predicted octanol–water partition coefficient (Wildman–Crippen LogP) is 4.14. The van der Waals surface area contributed by atoms with E-state index in [0.29, 0.717) is 11.6 Å². The molecule has 5 rings (SSSR count). The molecule has 0 spiro atoms. The van der Waals surface area contributed by atoms with E-state index in [1.165, 1.54) is 35.0 Å². The van der Waals surface area contributed by atoms with Crippen LogP contribution in [0.3, 0.4) is 0 Å². The van der Waals surface area contributed by atoms with Gasteiger partial charge in [-0.15, -0.1) is 10.2 Å². The van der Waals surface area contributed by atoms with Gasteiger partial charge in [0.1, 0.15) is 11.6 Å². The Bertz CT molecular complexity index is 1560. The molecule has 0 saturated heterocycles. The lowest BCUT2D eigenvalue weighted by Gasteiger charge is -2.35. The molecule has 0 atom stereocenters. The molecule has 3 heterocycles. The third-order valence-electron chi connectivity index (χ3n) is 5.73. The van der Waals surface area contributed by atoms with Crippen LogP contribution in [0.1, 0.15) is 37.5 Å². The largest absolute Gasteiger partial charge is 0.371 e. The zero-order valence-electron chi connectivity index (χ0n) is 18.1. The van der Waals surface area contributed by atoms with Crippen molar-refractivity contribution in [1.29, 1.82) is 0 Å². The zero-order chi connectivity index (χ0) is 23.9. The van der Waals surface area contributed by atoms with Crippen molar-refractivity contribution < 1.29 is 21.6 Å². The van der Waals surface area contributed by atoms with Crippen LogP contribution in [0.4, 0.5) is 18.9 Å². The van der Waals surface area contributed by atoms with E-state index < -0.39 is 33.4 Å². The molecule has 0 saturated carbocycles. The molecule has 1 aliphatic heterocycles. The number of aromatic nitrogens is 5. The van der Waals surface area contributed by atoms with Gasteiger partial charge in [0.2, 0.25) is 0 Å². The van der Waals surface area contributed by atoms with Crippen molar-refractivity contribution in [3.05, 3.63) is 53.5 Å². The second-order valence-electron chi connectivity index (χ2n) is 8.49. The van der Waals surface area contributed by atoms with Crippen LogP contribution in [-0.4, -0.2) is 38.6 Å². The summed E-state index contributed by atoms with van der Waals surface area (Å²) in [5.41, 5.74) is -1.14. The predicted molar refractivity (Wildman–Crippen MR) is 117 cm³/mol. The third-order valence-corrected chi connectivity index (χ3v) is 6.65. The minimum absolute atomic E-state index is 0.0609. The van der Waals surface area contributed by atoms with E-state index in [2.05, 4.69) is 20.6 Å². The van der Waals surface area contributed by atoms with E-state index in [1.807, 2.05) is 0 Å². The molecule has 0 radical (unpaired) electrons. The molecule has 1 N–H and O–H groups in total. The van der Waals surface area contributed by atoms with E-state index in [1.54, 1.807) is 20.8 Å². The molecule has 172 valence electrons. The van der Waals surface area contributed by atoms with Crippen molar-refractivity contribution >= 4 is 26.6 Å². The van der Waals surface area contributed by atoms with Gasteiger partial charge >= 0.3 is 0 Å². The molecule has 0 amide bonds. The number of benzene rings is 2. The van der Waals surface area contributed by atoms with Gasteiger partial charge in [0, 0.05) is 10.9 Å². The van der Waals surface area contributed by atoms with Crippen LogP contribution in [0.5, 0.6) is 0 Å². The summed E-state index contributed by atoms with van der Waals surface area (Å²) in [6, 6.07) is 5.59. The zero-order valence-corrected chi connectivity index (χ0v) is 18.9. The summed E-state index contributed by atoms with van der Waals surface area (Å²) in [5, 5.41) is 15.4. The first kappa shape index (κ1) is 21.4. The van der Waals surface area contributed by atoms with Crippen molar-refractivity contribution in [2.75, 3.05) is 11.6 Å². The fourth-order valence-electron chi connectivity index (χ4n) is 4.42. The summed E-state index contributed by atoms with van der Waals surface area (Å²) in [6.45, 7) is 5.23. The Morgan fingerprint density at radius 3 is 2.58 bits per heavy atom. The number of aryl methyl sites for hydroxylation is 1. The van der Waals surface area contributed by atoms with Gasteiger partial charge in [-0.3, -0.25) is 4.57 Å². The van der Waals surface area contributed by atoms with Crippen LogP contribution >= 0.6 is 0 Å². The topological polar surface area (TPSA) is 94.7 Å². The van der Waals surface area contributed by atoms with Crippen LogP contribution in [0, 0.1) is 12.7 Å². The van der Waals surface area contributed by atoms with E-state index in [-0.39, 0.29) is 33.4 Å². The monoisotopic (exact) mass is 476 g/mol. The van der Waals surface area contributed by atoms with Gasteiger partial charge in [0.15, 0.2) is 5.82 Å². The maximum absolute atomic E-state index is 15.5. The summed E-state index contributed by atoms with van der Waals surface area (Å²) >= 11 is 0. The number of hydrogen-bond donors (Lipinski definition) is 1. The molecule has 33 heavy (non-hydrogen) atoms. The Labute approximate surface area is 187 Å². The number of fused-ring (bicyclic) bond motifs is 4. The van der Waals surface area contributed by atoms with Crippen molar-refractivity contribution in [3.8, 4) is 16.8 Å². The van der Waals surface area contributed by atoms with Gasteiger partial charge in [-0.1, -0.05) is 12.1 Å². The lowest BCUT2D eigenvalue weighted by atomic mass is 9.91. The first-order valence-electron chi connectivity index (χ1n) is 9.95. The molecule has 0 fully saturated rings. The minimum Gasteiger partial charge on any atom is -0.371 e. The summed E-state index contributed by atoms with van der Waals surface area (Å²) in [7, 11) is -3.75. The standard InChI is InChI=1S/C21H19F3N6O2S/c1-10-27-28-20-21(2,3)26-14-8-13(22)16(17(19(23)24)18(14)29(10)20)11-6-5-7-15-12(11)9-25-30(15)33(4,31)32/h5-9,19,26H,1-4H3. The minimum atomic E-state index is -3.75. The molecule has 12 heteroatoms. The van der Waals surface area contributed by atoms with Crippen LogP contribution in [0.2, 0.25) is 0 Å². The number of hydrogen-bond acceptors (Lipinski definition) is 6. The van der Waals surface area contributed by atoms with Gasteiger partial charge in [-0.25, -0.2) is 21.6 Å². The van der Waals surface area contributed by atoms with Gasteiger partial charge < -0.3 is 5.32 Å². The maximum Gasteiger partial charge on any atom is 0.266 e. The molecule has 2 aromatic heterocycles. The molecule has 8 nitrogen and oxygen atoms in total. The quantitative estimate of drug-likeness (QED) is 0.478. The SMILES string of the molecule is Cc1nnc2n1-c1c(cc(F)c(-c3cccc4c3cnn4S(C)(=O)=O)c1C(F)F)NC2(C)C. The van der Waals surface area contributed by atoms with Crippen molar-refractivity contribution in [2.45, 2.75) is 32.7 Å². The Morgan fingerprint density at radius 1 is 1.18 bits per heavy atom. The second kappa shape index (κ2) is 6.80. The van der Waals surface area contributed by atoms with Gasteiger partial charge in [0.25, 0.3) is 16.4 Å². The summed E-state index contributed by atoms with van der Waals surface area (Å²) in [5.74, 6) is -0.0837. The van der Waals surface area contributed by atoms with Crippen molar-refractivity contribution in [2.24, 2.45) is 0 Å². The highest BCUT2D eigenvalue weighted by Gasteiger charge is 2.39. The number of rotatable bonds is 3.